The number of nitrogens with zero attached hydrogens (tertiary/aromatic N) is 3. The number of rotatable bonds is 4. The van der Waals surface area contributed by atoms with Gasteiger partial charge in [0.15, 0.2) is 0 Å². The number of halogens is 2. The first kappa shape index (κ1) is 13.2. The van der Waals surface area contributed by atoms with Crippen LogP contribution in [0.2, 0.25) is 10.0 Å². The van der Waals surface area contributed by atoms with Crippen molar-refractivity contribution in [1.82, 2.24) is 15.1 Å². The van der Waals surface area contributed by atoms with E-state index in [0.29, 0.717) is 28.7 Å². The molecular weight excluding hydrogens is 279 g/mol. The molecule has 0 saturated carbocycles. The quantitative estimate of drug-likeness (QED) is 0.890. The van der Waals surface area contributed by atoms with Crippen molar-refractivity contribution in [3.05, 3.63) is 28.2 Å². The minimum Gasteiger partial charge on any atom is -0.383 e. The van der Waals surface area contributed by atoms with Crippen LogP contribution in [0.1, 0.15) is 18.4 Å². The van der Waals surface area contributed by atoms with Gasteiger partial charge in [0.1, 0.15) is 11.8 Å². The molecule has 6 nitrogen and oxygen atoms in total. The van der Waals surface area contributed by atoms with Gasteiger partial charge in [0.05, 0.1) is 10.0 Å². The first-order valence-corrected chi connectivity index (χ1v) is 5.90. The van der Waals surface area contributed by atoms with Crippen LogP contribution >= 0.6 is 23.2 Å². The third-order valence-corrected chi connectivity index (χ3v) is 2.68. The number of pyridine rings is 1. The van der Waals surface area contributed by atoms with Crippen LogP contribution in [-0.2, 0) is 0 Å². The first-order valence-electron chi connectivity index (χ1n) is 5.15. The molecule has 18 heavy (non-hydrogen) atoms. The lowest BCUT2D eigenvalue weighted by molar-refractivity contribution is 0.127. The van der Waals surface area contributed by atoms with Crippen molar-refractivity contribution in [2.45, 2.75) is 12.5 Å². The molecule has 1 atom stereocenters. The number of aliphatic hydroxyl groups excluding tert-OH is 1. The Kier molecular flexibility index (Phi) is 4.13. The van der Waals surface area contributed by atoms with Crippen LogP contribution in [0.4, 0.5) is 0 Å². The molecule has 2 rings (SSSR count). The van der Waals surface area contributed by atoms with Gasteiger partial charge in [-0.1, -0.05) is 28.4 Å². The summed E-state index contributed by atoms with van der Waals surface area (Å²) in [6, 6.07) is 1.53. The zero-order chi connectivity index (χ0) is 13.1. The third-order valence-electron chi connectivity index (χ3n) is 2.19. The third kappa shape index (κ3) is 2.78. The Labute approximate surface area is 113 Å². The molecule has 0 aliphatic carbocycles. The van der Waals surface area contributed by atoms with Crippen LogP contribution in [0, 0.1) is 0 Å². The molecule has 2 aromatic heterocycles. The summed E-state index contributed by atoms with van der Waals surface area (Å²) in [5.74, 6) is 0.283. The van der Waals surface area contributed by atoms with Gasteiger partial charge < -0.3 is 15.4 Å². The summed E-state index contributed by atoms with van der Waals surface area (Å²) >= 11 is 11.7. The Bertz CT molecular complexity index is 546. The predicted molar refractivity (Wildman–Crippen MR) is 66.2 cm³/mol. The van der Waals surface area contributed by atoms with E-state index in [1.54, 1.807) is 0 Å². The topological polar surface area (TPSA) is 98.1 Å². The lowest BCUT2D eigenvalue weighted by Gasteiger charge is -2.01. The van der Waals surface area contributed by atoms with E-state index in [4.69, 9.17) is 33.5 Å². The van der Waals surface area contributed by atoms with Crippen molar-refractivity contribution >= 4 is 23.2 Å². The van der Waals surface area contributed by atoms with E-state index in [-0.39, 0.29) is 11.7 Å². The molecule has 2 heterocycles. The lowest BCUT2D eigenvalue weighted by atomic mass is 10.2. The fourth-order valence-corrected chi connectivity index (χ4v) is 1.79. The Balaban J connectivity index is 2.29. The minimum absolute atomic E-state index is 0.0864. The molecule has 0 aromatic carbocycles. The van der Waals surface area contributed by atoms with Crippen molar-refractivity contribution < 1.29 is 9.63 Å². The highest BCUT2D eigenvalue weighted by Gasteiger charge is 2.18. The summed E-state index contributed by atoms with van der Waals surface area (Å²) in [5.41, 5.74) is 5.67. The van der Waals surface area contributed by atoms with Crippen molar-refractivity contribution in [3.8, 4) is 11.5 Å². The van der Waals surface area contributed by atoms with Gasteiger partial charge in [0.2, 0.25) is 5.82 Å². The van der Waals surface area contributed by atoms with E-state index >= 15 is 0 Å². The smallest absolute Gasteiger partial charge is 0.255 e. The average Bonchev–Trinajstić information content (AvgIpc) is 2.78. The van der Waals surface area contributed by atoms with Gasteiger partial charge in [0.25, 0.3) is 5.89 Å². The molecular formula is C10H10Cl2N4O2. The Morgan fingerprint density at radius 2 is 2.22 bits per heavy atom. The van der Waals surface area contributed by atoms with Crippen molar-refractivity contribution in [3.63, 3.8) is 0 Å². The van der Waals surface area contributed by atoms with Crippen LogP contribution in [0.15, 0.2) is 16.8 Å². The SMILES string of the molecule is NCCC(O)c1nc(-c2ncc(Cl)cc2Cl)no1. The maximum atomic E-state index is 9.64. The number of aliphatic hydroxyl groups is 1. The summed E-state index contributed by atoms with van der Waals surface area (Å²) in [6.07, 6.45) is 0.876. The maximum Gasteiger partial charge on any atom is 0.255 e. The van der Waals surface area contributed by atoms with Gasteiger partial charge in [-0.05, 0) is 19.0 Å². The van der Waals surface area contributed by atoms with E-state index < -0.39 is 6.10 Å². The Hall–Kier alpha value is -1.21. The second-order valence-electron chi connectivity index (χ2n) is 3.53. The highest BCUT2D eigenvalue weighted by Crippen LogP contribution is 2.26. The highest BCUT2D eigenvalue weighted by molar-refractivity contribution is 6.35. The molecule has 96 valence electrons. The molecule has 0 bridgehead atoms. The van der Waals surface area contributed by atoms with Crippen molar-refractivity contribution in [2.24, 2.45) is 5.73 Å². The number of nitrogens with two attached hydrogens (primary N) is 1. The minimum atomic E-state index is -0.887. The highest BCUT2D eigenvalue weighted by atomic mass is 35.5. The normalized spacial score (nSPS) is 12.7. The maximum absolute atomic E-state index is 9.64. The van der Waals surface area contributed by atoms with Gasteiger partial charge in [0, 0.05) is 6.20 Å². The standard InChI is InChI=1S/C10H10Cl2N4O2/c11-5-3-6(12)8(14-4-5)9-15-10(18-16-9)7(17)1-2-13/h3-4,7,17H,1-2,13H2. The molecule has 0 amide bonds. The second-order valence-corrected chi connectivity index (χ2v) is 4.38. The fourth-order valence-electron chi connectivity index (χ4n) is 1.33. The molecule has 0 saturated heterocycles. The van der Waals surface area contributed by atoms with Gasteiger partial charge in [-0.25, -0.2) is 4.98 Å². The number of aromatic nitrogens is 3. The molecule has 0 spiro atoms. The van der Waals surface area contributed by atoms with Gasteiger partial charge in [-0.15, -0.1) is 0 Å². The summed E-state index contributed by atoms with van der Waals surface area (Å²) < 4.78 is 4.92. The zero-order valence-corrected chi connectivity index (χ0v) is 10.7. The average molecular weight is 289 g/mol. The van der Waals surface area contributed by atoms with Crippen LogP contribution in [0.5, 0.6) is 0 Å². The number of hydrogen-bond acceptors (Lipinski definition) is 6. The molecule has 8 heteroatoms. The molecule has 0 aliphatic heterocycles. The van der Waals surface area contributed by atoms with Crippen LogP contribution in [0.25, 0.3) is 11.5 Å². The van der Waals surface area contributed by atoms with E-state index in [1.807, 2.05) is 0 Å². The van der Waals surface area contributed by atoms with Gasteiger partial charge in [-0.3, -0.25) is 0 Å². The van der Waals surface area contributed by atoms with Crippen molar-refractivity contribution in [2.75, 3.05) is 6.54 Å². The predicted octanol–water partition coefficient (Wildman–Crippen LogP) is 1.82. The Morgan fingerprint density at radius 1 is 1.44 bits per heavy atom. The fraction of sp³-hybridized carbons (Fsp3) is 0.300. The van der Waals surface area contributed by atoms with Crippen LogP contribution in [0.3, 0.4) is 0 Å². The monoisotopic (exact) mass is 288 g/mol. The molecule has 0 aliphatic rings. The van der Waals surface area contributed by atoms with E-state index in [9.17, 15) is 5.11 Å². The summed E-state index contributed by atoms with van der Waals surface area (Å²) in [4.78, 5) is 8.03. The summed E-state index contributed by atoms with van der Waals surface area (Å²) in [5, 5.41) is 14.1. The summed E-state index contributed by atoms with van der Waals surface area (Å²) in [7, 11) is 0. The van der Waals surface area contributed by atoms with Crippen LogP contribution in [-0.4, -0.2) is 26.8 Å². The molecule has 1 unspecified atom stereocenters. The van der Waals surface area contributed by atoms with E-state index in [2.05, 4.69) is 15.1 Å². The summed E-state index contributed by atoms with van der Waals surface area (Å²) in [6.45, 7) is 0.318. The molecule has 0 radical (unpaired) electrons. The largest absolute Gasteiger partial charge is 0.383 e. The van der Waals surface area contributed by atoms with Gasteiger partial charge in [-0.2, -0.15) is 4.98 Å². The molecule has 0 fully saturated rings. The Morgan fingerprint density at radius 3 is 2.89 bits per heavy atom. The number of hydrogen-bond donors (Lipinski definition) is 2. The van der Waals surface area contributed by atoms with Gasteiger partial charge >= 0.3 is 0 Å². The molecule has 3 N–H and O–H groups in total. The zero-order valence-electron chi connectivity index (χ0n) is 9.18. The van der Waals surface area contributed by atoms with Crippen molar-refractivity contribution in [1.29, 1.82) is 0 Å². The second kappa shape index (κ2) is 5.62. The van der Waals surface area contributed by atoms with E-state index in [1.165, 1.54) is 12.3 Å². The van der Waals surface area contributed by atoms with E-state index in [0.717, 1.165) is 0 Å². The first-order chi connectivity index (χ1) is 8.61. The lowest BCUT2D eigenvalue weighted by Crippen LogP contribution is -2.06. The molecule has 2 aromatic rings. The van der Waals surface area contributed by atoms with Crippen LogP contribution < -0.4 is 5.73 Å².